The second kappa shape index (κ2) is 9.52. The van der Waals surface area contributed by atoms with Crippen LogP contribution in [0.4, 0.5) is 11.5 Å². The van der Waals surface area contributed by atoms with Gasteiger partial charge in [-0.05, 0) is 57.1 Å². The van der Waals surface area contributed by atoms with E-state index in [1.54, 1.807) is 0 Å². The van der Waals surface area contributed by atoms with Gasteiger partial charge >= 0.3 is 0 Å². The Balaban J connectivity index is 1.29. The molecule has 1 saturated carbocycles. The van der Waals surface area contributed by atoms with Crippen molar-refractivity contribution in [3.63, 3.8) is 0 Å². The van der Waals surface area contributed by atoms with Crippen LogP contribution in [-0.2, 0) is 18.4 Å². The molecule has 196 valence electrons. The molecule has 1 aliphatic carbocycles. The summed E-state index contributed by atoms with van der Waals surface area (Å²) in [5.74, 6) is 2.21. The number of hydrogen-bond acceptors (Lipinski definition) is 7. The van der Waals surface area contributed by atoms with Crippen molar-refractivity contribution in [1.82, 2.24) is 20.2 Å². The van der Waals surface area contributed by atoms with Gasteiger partial charge in [-0.25, -0.2) is 9.97 Å². The molecule has 0 unspecified atom stereocenters. The molecule has 1 N–H and O–H groups in total. The summed E-state index contributed by atoms with van der Waals surface area (Å²) in [6.45, 7) is 5.59. The standard InChI is InChI=1S/C31H37N7/c1-36-17-5-10-28(36)31(13-14-31)30-34-26-21-37(27-9-4-7-22-6-2-3-8-24(22)27)18-12-25(26)29(35-30)38-19-16-33-23(20-38)11-15-32/h2-4,6-9,23,28,33H,5,10-14,16-21H2,1H3/t23-,28-/m0/s1. The Bertz CT molecular complexity index is 1390. The van der Waals surface area contributed by atoms with E-state index in [9.17, 15) is 5.26 Å². The van der Waals surface area contributed by atoms with Gasteiger partial charge in [0.25, 0.3) is 0 Å². The predicted octanol–water partition coefficient (Wildman–Crippen LogP) is 4.01. The molecule has 3 aromatic rings. The number of hydrogen-bond donors (Lipinski definition) is 1. The zero-order chi connectivity index (χ0) is 25.7. The van der Waals surface area contributed by atoms with Crippen molar-refractivity contribution in [2.45, 2.75) is 62.6 Å². The summed E-state index contributed by atoms with van der Waals surface area (Å²) in [6, 6.07) is 18.4. The van der Waals surface area contributed by atoms with E-state index in [0.29, 0.717) is 12.5 Å². The largest absolute Gasteiger partial charge is 0.365 e. The van der Waals surface area contributed by atoms with Crippen LogP contribution in [-0.4, -0.2) is 66.7 Å². The molecule has 0 amide bonds. The third-order valence-electron chi connectivity index (χ3n) is 9.44. The highest BCUT2D eigenvalue weighted by Gasteiger charge is 2.56. The number of aromatic nitrogens is 2. The fourth-order valence-electron chi connectivity index (χ4n) is 7.30. The zero-order valence-corrected chi connectivity index (χ0v) is 22.4. The van der Waals surface area contributed by atoms with Crippen molar-refractivity contribution in [2.24, 2.45) is 0 Å². The lowest BCUT2D eigenvalue weighted by Crippen LogP contribution is -2.51. The Labute approximate surface area is 225 Å². The van der Waals surface area contributed by atoms with Crippen molar-refractivity contribution >= 4 is 22.3 Å². The van der Waals surface area contributed by atoms with E-state index in [0.717, 1.165) is 50.8 Å². The summed E-state index contributed by atoms with van der Waals surface area (Å²) in [5, 5.41) is 15.5. The van der Waals surface area contributed by atoms with Gasteiger partial charge in [0.1, 0.15) is 11.6 Å². The van der Waals surface area contributed by atoms with Crippen LogP contribution < -0.4 is 15.1 Å². The number of piperazine rings is 1. The van der Waals surface area contributed by atoms with Crippen molar-refractivity contribution in [3.8, 4) is 6.07 Å². The summed E-state index contributed by atoms with van der Waals surface area (Å²) in [6.07, 6.45) is 6.35. The van der Waals surface area contributed by atoms with E-state index in [1.165, 1.54) is 59.9 Å². The number of benzene rings is 2. The average molecular weight is 508 g/mol. The number of nitrogens with one attached hydrogen (secondary N) is 1. The van der Waals surface area contributed by atoms with Gasteiger partial charge in [0.15, 0.2) is 0 Å². The maximum atomic E-state index is 9.34. The smallest absolute Gasteiger partial charge is 0.138 e. The minimum Gasteiger partial charge on any atom is -0.365 e. The van der Waals surface area contributed by atoms with Gasteiger partial charge in [-0.3, -0.25) is 0 Å². The van der Waals surface area contributed by atoms with Crippen LogP contribution in [0.25, 0.3) is 10.8 Å². The molecule has 2 atom stereocenters. The molecule has 0 radical (unpaired) electrons. The molecule has 0 bridgehead atoms. The number of likely N-dealkylation sites (N-methyl/N-ethyl adjacent to an activating group) is 1. The zero-order valence-electron chi connectivity index (χ0n) is 22.4. The first-order valence-corrected chi connectivity index (χ1v) is 14.3. The number of nitrogens with zero attached hydrogens (tertiary/aromatic N) is 6. The SMILES string of the molecule is CN1CCC[C@H]1C1(c2nc3c(c(N4CCN[C@@H](CC#N)C4)n2)CCN(c2cccc4ccccc24)C3)CC1. The molecule has 7 heteroatoms. The van der Waals surface area contributed by atoms with Gasteiger partial charge in [-0.2, -0.15) is 5.26 Å². The number of nitriles is 1. The first-order valence-electron chi connectivity index (χ1n) is 14.3. The van der Waals surface area contributed by atoms with Gasteiger partial charge in [0.2, 0.25) is 0 Å². The highest BCUT2D eigenvalue weighted by molar-refractivity contribution is 5.94. The minimum atomic E-state index is 0.0941. The molecule has 3 fully saturated rings. The summed E-state index contributed by atoms with van der Waals surface area (Å²) in [7, 11) is 2.28. The maximum Gasteiger partial charge on any atom is 0.138 e. The third-order valence-corrected chi connectivity index (χ3v) is 9.44. The van der Waals surface area contributed by atoms with E-state index in [2.05, 4.69) is 75.6 Å². The fourth-order valence-corrected chi connectivity index (χ4v) is 7.30. The average Bonchev–Trinajstić information content (AvgIpc) is 3.65. The van der Waals surface area contributed by atoms with Gasteiger partial charge in [-0.15, -0.1) is 0 Å². The number of anilines is 2. The van der Waals surface area contributed by atoms with E-state index in [1.807, 2.05) is 0 Å². The van der Waals surface area contributed by atoms with E-state index in [4.69, 9.17) is 9.97 Å². The highest BCUT2D eigenvalue weighted by atomic mass is 15.3. The molecule has 0 spiro atoms. The van der Waals surface area contributed by atoms with Crippen molar-refractivity contribution < 1.29 is 0 Å². The van der Waals surface area contributed by atoms with Crippen LogP contribution in [0.5, 0.6) is 0 Å². The minimum absolute atomic E-state index is 0.0941. The maximum absolute atomic E-state index is 9.34. The fraction of sp³-hybridized carbons (Fsp3) is 0.516. The number of rotatable bonds is 5. The molecule has 1 aromatic heterocycles. The summed E-state index contributed by atoms with van der Waals surface area (Å²) in [4.78, 5) is 18.4. The molecule has 7 nitrogen and oxygen atoms in total. The van der Waals surface area contributed by atoms with Crippen LogP contribution in [0.2, 0.25) is 0 Å². The van der Waals surface area contributed by atoms with E-state index < -0.39 is 0 Å². The third kappa shape index (κ3) is 4.02. The normalized spacial score (nSPS) is 24.8. The molecule has 38 heavy (non-hydrogen) atoms. The summed E-state index contributed by atoms with van der Waals surface area (Å²) in [5.41, 5.74) is 3.91. The lowest BCUT2D eigenvalue weighted by molar-refractivity contribution is 0.251. The molecule has 2 saturated heterocycles. The van der Waals surface area contributed by atoms with Crippen molar-refractivity contribution in [1.29, 1.82) is 5.26 Å². The van der Waals surface area contributed by atoms with Gasteiger partial charge in [-0.1, -0.05) is 36.4 Å². The second-order valence-electron chi connectivity index (χ2n) is 11.7. The number of fused-ring (bicyclic) bond motifs is 2. The van der Waals surface area contributed by atoms with Crippen LogP contribution in [0.15, 0.2) is 42.5 Å². The first-order chi connectivity index (χ1) is 18.7. The van der Waals surface area contributed by atoms with Gasteiger partial charge in [0.05, 0.1) is 24.7 Å². The second-order valence-corrected chi connectivity index (χ2v) is 11.7. The molecule has 4 aliphatic rings. The molecule has 3 aliphatic heterocycles. The lowest BCUT2D eigenvalue weighted by atomic mass is 9.92. The van der Waals surface area contributed by atoms with Crippen molar-refractivity contribution in [2.75, 3.05) is 49.6 Å². The Morgan fingerprint density at radius 2 is 1.92 bits per heavy atom. The molecular formula is C31H37N7. The number of likely N-dealkylation sites (tertiary alicyclic amines) is 1. The van der Waals surface area contributed by atoms with Crippen LogP contribution in [0.1, 0.15) is 49.2 Å². The van der Waals surface area contributed by atoms with Crippen LogP contribution >= 0.6 is 0 Å². The Morgan fingerprint density at radius 1 is 1.05 bits per heavy atom. The summed E-state index contributed by atoms with van der Waals surface area (Å²) >= 11 is 0. The van der Waals surface area contributed by atoms with Gasteiger partial charge in [0, 0.05) is 60.3 Å². The lowest BCUT2D eigenvalue weighted by Gasteiger charge is -2.38. The molecule has 4 heterocycles. The van der Waals surface area contributed by atoms with Gasteiger partial charge < -0.3 is 20.0 Å². The molecular weight excluding hydrogens is 470 g/mol. The van der Waals surface area contributed by atoms with Crippen LogP contribution in [0, 0.1) is 11.3 Å². The monoisotopic (exact) mass is 507 g/mol. The quantitative estimate of drug-likeness (QED) is 0.560. The molecule has 2 aromatic carbocycles. The van der Waals surface area contributed by atoms with Crippen LogP contribution in [0.3, 0.4) is 0 Å². The van der Waals surface area contributed by atoms with E-state index in [-0.39, 0.29) is 11.5 Å². The topological polar surface area (TPSA) is 71.3 Å². The Kier molecular flexibility index (Phi) is 5.98. The first kappa shape index (κ1) is 23.9. The summed E-state index contributed by atoms with van der Waals surface area (Å²) < 4.78 is 0. The molecule has 7 rings (SSSR count). The predicted molar refractivity (Wildman–Crippen MR) is 152 cm³/mol. The Hall–Kier alpha value is -3.21. The Morgan fingerprint density at radius 3 is 2.74 bits per heavy atom. The van der Waals surface area contributed by atoms with E-state index >= 15 is 0 Å². The van der Waals surface area contributed by atoms with Crippen molar-refractivity contribution in [3.05, 3.63) is 59.5 Å². The highest BCUT2D eigenvalue weighted by Crippen LogP contribution is 2.54.